The Bertz CT molecular complexity index is 665. The first-order chi connectivity index (χ1) is 10.1. The average molecular weight is 285 g/mol. The van der Waals surface area contributed by atoms with E-state index < -0.39 is 0 Å². The minimum Gasteiger partial charge on any atom is -0.508 e. The van der Waals surface area contributed by atoms with Crippen LogP contribution < -0.4 is 10.1 Å². The Morgan fingerprint density at radius 2 is 1.95 bits per heavy atom. The maximum Gasteiger partial charge on any atom is 0.251 e. The largest absolute Gasteiger partial charge is 0.508 e. The number of carbonyl (C=O) groups is 1. The molecule has 0 aliphatic rings. The van der Waals surface area contributed by atoms with Gasteiger partial charge >= 0.3 is 0 Å². The van der Waals surface area contributed by atoms with Crippen molar-refractivity contribution in [2.24, 2.45) is 0 Å². The number of hydrogen-bond acceptors (Lipinski definition) is 3. The lowest BCUT2D eigenvalue weighted by molar-refractivity contribution is 0.0963. The van der Waals surface area contributed by atoms with Crippen LogP contribution in [0.1, 0.15) is 22.8 Å². The van der Waals surface area contributed by atoms with Crippen molar-refractivity contribution in [2.45, 2.75) is 13.3 Å². The van der Waals surface area contributed by atoms with E-state index in [2.05, 4.69) is 5.32 Å². The average Bonchev–Trinajstić information content (AvgIpc) is 2.53. The van der Waals surface area contributed by atoms with E-state index in [4.69, 9.17) is 4.74 Å². The molecule has 4 heteroatoms. The Morgan fingerprint density at radius 3 is 2.57 bits per heavy atom. The van der Waals surface area contributed by atoms with Crippen LogP contribution in [-0.4, -0.2) is 25.2 Å². The van der Waals surface area contributed by atoms with Crippen LogP contribution in [0.25, 0.3) is 11.1 Å². The molecule has 2 aromatic carbocycles. The van der Waals surface area contributed by atoms with Crippen LogP contribution in [0.3, 0.4) is 0 Å². The third-order valence-corrected chi connectivity index (χ3v) is 3.45. The zero-order chi connectivity index (χ0) is 15.4. The van der Waals surface area contributed by atoms with Gasteiger partial charge in [-0.2, -0.15) is 0 Å². The summed E-state index contributed by atoms with van der Waals surface area (Å²) in [4.78, 5) is 11.8. The van der Waals surface area contributed by atoms with Crippen molar-refractivity contribution in [1.29, 1.82) is 0 Å². The number of phenols is 1. The molecule has 0 aliphatic heterocycles. The molecular formula is C17H19NO3. The second kappa shape index (κ2) is 6.31. The minimum atomic E-state index is -0.143. The number of phenolic OH excluding ortho intramolecular Hbond substituents is 1. The molecule has 0 aliphatic carbocycles. The Balaban J connectivity index is 2.63. The summed E-state index contributed by atoms with van der Waals surface area (Å²) in [5.74, 6) is 0.788. The van der Waals surface area contributed by atoms with Crippen molar-refractivity contribution in [2.75, 3.05) is 14.2 Å². The summed E-state index contributed by atoms with van der Waals surface area (Å²) in [5, 5.41) is 12.2. The molecule has 0 saturated heterocycles. The Labute approximate surface area is 124 Å². The lowest BCUT2D eigenvalue weighted by atomic mass is 9.95. The van der Waals surface area contributed by atoms with E-state index in [1.165, 1.54) is 0 Å². The lowest BCUT2D eigenvalue weighted by Gasteiger charge is -2.14. The molecule has 2 aromatic rings. The maximum absolute atomic E-state index is 11.8. The highest BCUT2D eigenvalue weighted by molar-refractivity contribution is 5.96. The number of amides is 1. The molecule has 0 aromatic heterocycles. The molecule has 4 nitrogen and oxygen atoms in total. The first-order valence-corrected chi connectivity index (χ1v) is 6.83. The molecule has 0 bridgehead atoms. The number of aromatic hydroxyl groups is 1. The van der Waals surface area contributed by atoms with Crippen molar-refractivity contribution in [3.05, 3.63) is 47.5 Å². The lowest BCUT2D eigenvalue weighted by Crippen LogP contribution is -2.17. The van der Waals surface area contributed by atoms with Crippen molar-refractivity contribution in [1.82, 2.24) is 5.32 Å². The van der Waals surface area contributed by atoms with Gasteiger partial charge in [-0.15, -0.1) is 0 Å². The second-order valence-electron chi connectivity index (χ2n) is 4.69. The van der Waals surface area contributed by atoms with Crippen LogP contribution in [-0.2, 0) is 6.42 Å². The van der Waals surface area contributed by atoms with E-state index in [0.29, 0.717) is 11.3 Å². The fourth-order valence-corrected chi connectivity index (χ4v) is 2.34. The van der Waals surface area contributed by atoms with E-state index in [1.54, 1.807) is 38.4 Å². The number of ether oxygens (including phenoxy) is 1. The molecule has 0 atom stereocenters. The summed E-state index contributed by atoms with van der Waals surface area (Å²) in [6.07, 6.45) is 0.775. The van der Waals surface area contributed by atoms with Gasteiger partial charge in [0, 0.05) is 18.2 Å². The van der Waals surface area contributed by atoms with Crippen LogP contribution in [0.15, 0.2) is 36.4 Å². The first-order valence-electron chi connectivity index (χ1n) is 6.83. The predicted molar refractivity (Wildman–Crippen MR) is 82.9 cm³/mol. The van der Waals surface area contributed by atoms with Crippen molar-refractivity contribution in [3.8, 4) is 22.6 Å². The van der Waals surface area contributed by atoms with Gasteiger partial charge in [0.1, 0.15) is 11.5 Å². The summed E-state index contributed by atoms with van der Waals surface area (Å²) >= 11 is 0. The third-order valence-electron chi connectivity index (χ3n) is 3.45. The summed E-state index contributed by atoms with van der Waals surface area (Å²) in [6.45, 7) is 2.02. The fraction of sp³-hybridized carbons (Fsp3) is 0.235. The molecular weight excluding hydrogens is 266 g/mol. The zero-order valence-corrected chi connectivity index (χ0v) is 12.4. The van der Waals surface area contributed by atoms with Crippen LogP contribution >= 0.6 is 0 Å². The number of carbonyl (C=O) groups excluding carboxylic acids is 1. The van der Waals surface area contributed by atoms with Gasteiger partial charge in [-0.05, 0) is 47.9 Å². The van der Waals surface area contributed by atoms with E-state index in [9.17, 15) is 9.90 Å². The van der Waals surface area contributed by atoms with Crippen molar-refractivity contribution in [3.63, 3.8) is 0 Å². The molecule has 1 amide bonds. The van der Waals surface area contributed by atoms with Crippen LogP contribution in [0.2, 0.25) is 0 Å². The molecule has 2 rings (SSSR count). The molecule has 0 unspecified atom stereocenters. The number of hydrogen-bond donors (Lipinski definition) is 2. The van der Waals surface area contributed by atoms with E-state index in [0.717, 1.165) is 23.1 Å². The standard InChI is InChI=1S/C17H19NO3/c1-4-11-9-13(19)6-7-14(11)15-10-12(17(20)18-2)5-8-16(15)21-3/h5-10,19H,4H2,1-3H3,(H,18,20). The molecule has 0 radical (unpaired) electrons. The van der Waals surface area contributed by atoms with Gasteiger partial charge in [-0.25, -0.2) is 0 Å². The Hall–Kier alpha value is -2.49. The third kappa shape index (κ3) is 2.99. The predicted octanol–water partition coefficient (Wildman–Crippen LogP) is 2.99. The van der Waals surface area contributed by atoms with Gasteiger partial charge in [0.2, 0.25) is 0 Å². The number of nitrogens with one attached hydrogen (secondary N) is 1. The Kier molecular flexibility index (Phi) is 4.48. The van der Waals surface area contributed by atoms with Crippen LogP contribution in [0.4, 0.5) is 0 Å². The SMILES string of the molecule is CCc1cc(O)ccc1-c1cc(C(=O)NC)ccc1OC. The van der Waals surface area contributed by atoms with Crippen molar-refractivity contribution < 1.29 is 14.6 Å². The summed E-state index contributed by atoms with van der Waals surface area (Å²) in [5.41, 5.74) is 3.37. The zero-order valence-electron chi connectivity index (χ0n) is 12.4. The van der Waals surface area contributed by atoms with E-state index in [1.807, 2.05) is 19.1 Å². The first kappa shape index (κ1) is 14.9. The summed E-state index contributed by atoms with van der Waals surface area (Å²) < 4.78 is 5.40. The minimum absolute atomic E-state index is 0.143. The van der Waals surface area contributed by atoms with Gasteiger partial charge in [0.25, 0.3) is 5.91 Å². The smallest absolute Gasteiger partial charge is 0.251 e. The number of aryl methyl sites for hydroxylation is 1. The molecule has 0 saturated carbocycles. The molecule has 0 heterocycles. The summed E-state index contributed by atoms with van der Waals surface area (Å²) in [6, 6.07) is 10.5. The normalized spacial score (nSPS) is 10.2. The highest BCUT2D eigenvalue weighted by Gasteiger charge is 2.13. The van der Waals surface area contributed by atoms with Gasteiger partial charge in [-0.3, -0.25) is 4.79 Å². The summed E-state index contributed by atoms with van der Waals surface area (Å²) in [7, 11) is 3.20. The van der Waals surface area contributed by atoms with Gasteiger partial charge in [0.15, 0.2) is 0 Å². The van der Waals surface area contributed by atoms with E-state index >= 15 is 0 Å². The molecule has 0 fully saturated rings. The second-order valence-corrected chi connectivity index (χ2v) is 4.69. The fourth-order valence-electron chi connectivity index (χ4n) is 2.34. The number of methoxy groups -OCH3 is 1. The van der Waals surface area contributed by atoms with Gasteiger partial charge in [-0.1, -0.05) is 13.0 Å². The number of benzene rings is 2. The van der Waals surface area contributed by atoms with Gasteiger partial charge < -0.3 is 15.2 Å². The quantitative estimate of drug-likeness (QED) is 0.908. The topological polar surface area (TPSA) is 58.6 Å². The van der Waals surface area contributed by atoms with Crippen LogP contribution in [0.5, 0.6) is 11.5 Å². The van der Waals surface area contributed by atoms with Crippen molar-refractivity contribution >= 4 is 5.91 Å². The Morgan fingerprint density at radius 1 is 1.19 bits per heavy atom. The molecule has 0 spiro atoms. The molecule has 2 N–H and O–H groups in total. The van der Waals surface area contributed by atoms with Crippen LogP contribution in [0, 0.1) is 0 Å². The van der Waals surface area contributed by atoms with Gasteiger partial charge in [0.05, 0.1) is 7.11 Å². The number of rotatable bonds is 4. The highest BCUT2D eigenvalue weighted by atomic mass is 16.5. The van der Waals surface area contributed by atoms with E-state index in [-0.39, 0.29) is 11.7 Å². The monoisotopic (exact) mass is 285 g/mol. The molecule has 110 valence electrons. The maximum atomic E-state index is 11.8. The highest BCUT2D eigenvalue weighted by Crippen LogP contribution is 2.35. The molecule has 21 heavy (non-hydrogen) atoms.